The van der Waals surface area contributed by atoms with Gasteiger partial charge in [-0.15, -0.1) is 11.3 Å². The summed E-state index contributed by atoms with van der Waals surface area (Å²) in [6, 6.07) is 7.30. The number of carbonyl (C=O) groups excluding carboxylic acids is 1. The molecule has 0 bridgehead atoms. The van der Waals surface area contributed by atoms with E-state index in [-0.39, 0.29) is 10.8 Å². The molecule has 1 heterocycles. The van der Waals surface area contributed by atoms with Gasteiger partial charge >= 0.3 is 5.97 Å². The molecule has 2 N–H and O–H groups in total. The van der Waals surface area contributed by atoms with Crippen molar-refractivity contribution in [1.82, 2.24) is 9.88 Å². The smallest absolute Gasteiger partial charge is 0.347 e. The third-order valence-corrected chi connectivity index (χ3v) is 4.86. The van der Waals surface area contributed by atoms with Crippen molar-refractivity contribution < 1.29 is 14.7 Å². The number of aryl methyl sites for hydroxylation is 1. The number of carbonyl (C=O) groups is 2. The molecule has 1 amide bonds. The van der Waals surface area contributed by atoms with Crippen molar-refractivity contribution in [2.24, 2.45) is 0 Å². The van der Waals surface area contributed by atoms with E-state index in [9.17, 15) is 14.7 Å². The van der Waals surface area contributed by atoms with E-state index < -0.39 is 5.97 Å². The first kappa shape index (κ1) is 18.1. The minimum Gasteiger partial charge on any atom is -0.477 e. The van der Waals surface area contributed by atoms with Gasteiger partial charge in [-0.25, -0.2) is 9.78 Å². The Bertz CT molecular complexity index is 738. The minimum absolute atomic E-state index is 0.0992. The number of hydrogen-bond donors (Lipinski definition) is 2. The number of para-hydroxylation sites is 1. The summed E-state index contributed by atoms with van der Waals surface area (Å²) >= 11 is 1.11. The van der Waals surface area contributed by atoms with Crippen molar-refractivity contribution in [3.63, 3.8) is 0 Å². The third-order valence-electron chi connectivity index (χ3n) is 3.68. The number of carboxylic acids is 1. The van der Waals surface area contributed by atoms with Crippen LogP contribution in [0.5, 0.6) is 0 Å². The van der Waals surface area contributed by atoms with E-state index >= 15 is 0 Å². The largest absolute Gasteiger partial charge is 0.477 e. The monoisotopic (exact) mass is 347 g/mol. The van der Waals surface area contributed by atoms with Gasteiger partial charge in [0.25, 0.3) is 0 Å². The highest BCUT2D eigenvalue weighted by Gasteiger charge is 2.18. The number of rotatable bonds is 7. The van der Waals surface area contributed by atoms with Crippen LogP contribution in [0.15, 0.2) is 24.3 Å². The summed E-state index contributed by atoms with van der Waals surface area (Å²) in [5.74, 6) is -1.09. The van der Waals surface area contributed by atoms with E-state index in [1.54, 1.807) is 13.0 Å². The highest BCUT2D eigenvalue weighted by Crippen LogP contribution is 2.33. The number of benzene rings is 1. The Hall–Kier alpha value is -2.25. The molecule has 6 nitrogen and oxygen atoms in total. The quantitative estimate of drug-likeness (QED) is 0.804. The molecule has 2 aromatic rings. The van der Waals surface area contributed by atoms with E-state index in [0.29, 0.717) is 22.9 Å². The van der Waals surface area contributed by atoms with Gasteiger partial charge in [0.1, 0.15) is 9.88 Å². The maximum absolute atomic E-state index is 12.2. The van der Waals surface area contributed by atoms with Crippen LogP contribution in [0, 0.1) is 6.92 Å². The molecule has 24 heavy (non-hydrogen) atoms. The van der Waals surface area contributed by atoms with Gasteiger partial charge in [-0.2, -0.15) is 0 Å². The van der Waals surface area contributed by atoms with Gasteiger partial charge in [0, 0.05) is 5.56 Å². The second kappa shape index (κ2) is 8.03. The van der Waals surface area contributed by atoms with Gasteiger partial charge in [0.05, 0.1) is 17.9 Å². The molecule has 0 atom stereocenters. The SMILES string of the molecule is CCN(CC)CC(=O)Nc1ccccc1-c1nc(C)c(C(=O)O)s1. The van der Waals surface area contributed by atoms with E-state index in [0.717, 1.165) is 30.0 Å². The first-order valence-corrected chi connectivity index (χ1v) is 8.60. The molecule has 128 valence electrons. The van der Waals surface area contributed by atoms with Crippen LogP contribution in [0.1, 0.15) is 29.2 Å². The van der Waals surface area contributed by atoms with Crippen molar-refractivity contribution in [2.45, 2.75) is 20.8 Å². The van der Waals surface area contributed by atoms with Crippen LogP contribution < -0.4 is 5.32 Å². The molecule has 0 fully saturated rings. The summed E-state index contributed by atoms with van der Waals surface area (Å²) in [6.45, 7) is 7.62. The molecule has 0 saturated heterocycles. The standard InChI is InChI=1S/C17H21N3O3S/c1-4-20(5-2)10-14(21)19-13-9-7-6-8-12(13)16-18-11(3)15(24-16)17(22)23/h6-9H,4-5,10H2,1-3H3,(H,19,21)(H,22,23). The zero-order valence-electron chi connectivity index (χ0n) is 14.0. The van der Waals surface area contributed by atoms with Crippen LogP contribution in [0.4, 0.5) is 5.69 Å². The van der Waals surface area contributed by atoms with E-state index in [1.807, 2.05) is 36.9 Å². The van der Waals surface area contributed by atoms with Crippen LogP contribution in [-0.2, 0) is 4.79 Å². The lowest BCUT2D eigenvalue weighted by Gasteiger charge is -2.18. The fourth-order valence-corrected chi connectivity index (χ4v) is 3.27. The van der Waals surface area contributed by atoms with E-state index in [4.69, 9.17) is 0 Å². The average molecular weight is 347 g/mol. The highest BCUT2D eigenvalue weighted by molar-refractivity contribution is 7.17. The Morgan fingerprint density at radius 2 is 1.92 bits per heavy atom. The number of thiazole rings is 1. The van der Waals surface area contributed by atoms with Gasteiger partial charge in [0.2, 0.25) is 5.91 Å². The highest BCUT2D eigenvalue weighted by atomic mass is 32.1. The molecule has 0 saturated carbocycles. The molecule has 0 radical (unpaired) electrons. The predicted molar refractivity (Wildman–Crippen MR) is 95.7 cm³/mol. The van der Waals surface area contributed by atoms with Crippen molar-refractivity contribution in [3.8, 4) is 10.6 Å². The Labute approximate surface area is 145 Å². The number of carboxylic acid groups (broad SMARTS) is 1. The summed E-state index contributed by atoms with van der Waals surface area (Å²) in [4.78, 5) is 30.0. The normalized spacial score (nSPS) is 10.8. The molecular formula is C17H21N3O3S. The third kappa shape index (κ3) is 4.18. The van der Waals surface area contributed by atoms with Gasteiger partial charge < -0.3 is 10.4 Å². The molecule has 0 spiro atoms. The Balaban J connectivity index is 2.26. The van der Waals surface area contributed by atoms with Gasteiger partial charge in [-0.05, 0) is 32.1 Å². The van der Waals surface area contributed by atoms with Crippen molar-refractivity contribution in [1.29, 1.82) is 0 Å². The molecule has 1 aromatic heterocycles. The average Bonchev–Trinajstić information content (AvgIpc) is 2.95. The number of nitrogens with one attached hydrogen (secondary N) is 1. The number of aromatic carboxylic acids is 1. The molecule has 0 aliphatic rings. The van der Waals surface area contributed by atoms with E-state index in [2.05, 4.69) is 10.3 Å². The number of likely N-dealkylation sites (N-methyl/N-ethyl adjacent to an activating group) is 1. The lowest BCUT2D eigenvalue weighted by atomic mass is 10.2. The van der Waals surface area contributed by atoms with Crippen molar-refractivity contribution in [3.05, 3.63) is 34.8 Å². The summed E-state index contributed by atoms with van der Waals surface area (Å²) in [6.07, 6.45) is 0. The Kier molecular flexibility index (Phi) is 6.05. The fraction of sp³-hybridized carbons (Fsp3) is 0.353. The minimum atomic E-state index is -0.987. The molecule has 7 heteroatoms. The van der Waals surface area contributed by atoms with Crippen molar-refractivity contribution in [2.75, 3.05) is 25.0 Å². The zero-order valence-corrected chi connectivity index (χ0v) is 14.8. The van der Waals surface area contributed by atoms with Crippen molar-refractivity contribution >= 4 is 28.9 Å². The van der Waals surface area contributed by atoms with Gasteiger partial charge in [-0.1, -0.05) is 26.0 Å². The molecule has 0 aliphatic carbocycles. The van der Waals surface area contributed by atoms with Gasteiger partial charge in [0.15, 0.2) is 0 Å². The lowest BCUT2D eigenvalue weighted by molar-refractivity contribution is -0.117. The molecule has 1 aromatic carbocycles. The second-order valence-corrected chi connectivity index (χ2v) is 6.29. The lowest BCUT2D eigenvalue weighted by Crippen LogP contribution is -2.33. The summed E-state index contributed by atoms with van der Waals surface area (Å²) < 4.78 is 0. The number of aromatic nitrogens is 1. The Morgan fingerprint density at radius 3 is 2.50 bits per heavy atom. The van der Waals surface area contributed by atoms with Crippen LogP contribution >= 0.6 is 11.3 Å². The first-order chi connectivity index (χ1) is 11.5. The Morgan fingerprint density at radius 1 is 1.25 bits per heavy atom. The summed E-state index contributed by atoms with van der Waals surface area (Å²) in [5, 5.41) is 12.7. The summed E-state index contributed by atoms with van der Waals surface area (Å²) in [7, 11) is 0. The number of nitrogens with zero attached hydrogens (tertiary/aromatic N) is 2. The maximum Gasteiger partial charge on any atom is 0.347 e. The van der Waals surface area contributed by atoms with Crippen LogP contribution in [0.25, 0.3) is 10.6 Å². The number of amides is 1. The summed E-state index contributed by atoms with van der Waals surface area (Å²) in [5.41, 5.74) is 1.85. The van der Waals surface area contributed by atoms with E-state index in [1.165, 1.54) is 0 Å². The topological polar surface area (TPSA) is 82.5 Å². The number of hydrogen-bond acceptors (Lipinski definition) is 5. The second-order valence-electron chi connectivity index (χ2n) is 5.29. The molecule has 0 aliphatic heterocycles. The number of anilines is 1. The fourth-order valence-electron chi connectivity index (χ4n) is 2.33. The van der Waals surface area contributed by atoms with Crippen LogP contribution in [0.3, 0.4) is 0 Å². The van der Waals surface area contributed by atoms with Gasteiger partial charge in [-0.3, -0.25) is 9.69 Å². The first-order valence-electron chi connectivity index (χ1n) is 7.78. The molecule has 2 rings (SSSR count). The molecular weight excluding hydrogens is 326 g/mol. The zero-order chi connectivity index (χ0) is 17.7. The predicted octanol–water partition coefficient (Wildman–Crippen LogP) is 3.10. The molecule has 0 unspecified atom stereocenters. The van der Waals surface area contributed by atoms with Crippen LogP contribution in [0.2, 0.25) is 0 Å². The maximum atomic E-state index is 12.2. The van der Waals surface area contributed by atoms with Crippen LogP contribution in [-0.4, -0.2) is 46.5 Å².